The third kappa shape index (κ3) is 4.73. The highest BCUT2D eigenvalue weighted by molar-refractivity contribution is 5.59. The molecule has 0 spiro atoms. The summed E-state index contributed by atoms with van der Waals surface area (Å²) < 4.78 is 0. The fourth-order valence-electron chi connectivity index (χ4n) is 3.28. The highest BCUT2D eigenvalue weighted by Crippen LogP contribution is 2.23. The van der Waals surface area contributed by atoms with Gasteiger partial charge in [0, 0.05) is 31.0 Å². The number of aromatic nitrogens is 3. The van der Waals surface area contributed by atoms with Crippen LogP contribution in [0.4, 0.5) is 23.1 Å². The number of benzene rings is 2. The van der Waals surface area contributed by atoms with Crippen LogP contribution in [0.25, 0.3) is 0 Å². The number of anilines is 4. The first-order valence-corrected chi connectivity index (χ1v) is 9.46. The van der Waals surface area contributed by atoms with Crippen LogP contribution in [-0.4, -0.2) is 34.8 Å². The number of nitrogens with one attached hydrogen (secondary N) is 2. The Kier molecular flexibility index (Phi) is 5.43. The molecule has 0 aliphatic carbocycles. The molecule has 2 N–H and O–H groups in total. The summed E-state index contributed by atoms with van der Waals surface area (Å²) in [5.74, 6) is 1.21. The lowest BCUT2D eigenvalue weighted by atomic mass is 10.1. The van der Waals surface area contributed by atoms with E-state index in [4.69, 9.17) is 0 Å². The molecule has 0 amide bonds. The van der Waals surface area contributed by atoms with Gasteiger partial charge in [0.15, 0.2) is 5.82 Å². The fourth-order valence-corrected chi connectivity index (χ4v) is 3.28. The Morgan fingerprint density at radius 2 is 1.70 bits per heavy atom. The zero-order chi connectivity index (χ0) is 18.3. The van der Waals surface area contributed by atoms with Crippen LogP contribution in [0.3, 0.4) is 0 Å². The van der Waals surface area contributed by atoms with Crippen molar-refractivity contribution in [2.75, 3.05) is 35.2 Å². The quantitative estimate of drug-likeness (QED) is 0.667. The molecule has 1 aromatic heterocycles. The first kappa shape index (κ1) is 17.3. The van der Waals surface area contributed by atoms with Crippen molar-refractivity contribution in [3.05, 3.63) is 66.4 Å². The molecule has 2 heterocycles. The summed E-state index contributed by atoms with van der Waals surface area (Å²) in [6.07, 6.45) is 5.14. The molecular formula is C21H24N6. The van der Waals surface area contributed by atoms with E-state index in [2.05, 4.69) is 79.2 Å². The average molecular weight is 360 g/mol. The predicted molar refractivity (Wildman–Crippen MR) is 110 cm³/mol. The molecule has 2 aromatic carbocycles. The molecular weight excluding hydrogens is 336 g/mol. The van der Waals surface area contributed by atoms with Crippen LogP contribution in [0.5, 0.6) is 0 Å². The first-order chi connectivity index (χ1) is 13.4. The molecule has 3 aromatic rings. The molecule has 0 unspecified atom stereocenters. The van der Waals surface area contributed by atoms with Gasteiger partial charge in [0.1, 0.15) is 0 Å². The Bertz CT molecular complexity index is 844. The van der Waals surface area contributed by atoms with Crippen molar-refractivity contribution in [3.8, 4) is 0 Å². The number of hydrogen-bond donors (Lipinski definition) is 2. The van der Waals surface area contributed by atoms with Gasteiger partial charge in [-0.15, -0.1) is 5.10 Å². The van der Waals surface area contributed by atoms with Gasteiger partial charge >= 0.3 is 0 Å². The lowest BCUT2D eigenvalue weighted by Crippen LogP contribution is -2.17. The van der Waals surface area contributed by atoms with Crippen molar-refractivity contribution >= 4 is 23.1 Å². The number of nitrogens with zero attached hydrogens (tertiary/aromatic N) is 4. The van der Waals surface area contributed by atoms with E-state index in [0.717, 1.165) is 37.6 Å². The molecule has 1 saturated heterocycles. The van der Waals surface area contributed by atoms with E-state index in [9.17, 15) is 0 Å². The first-order valence-electron chi connectivity index (χ1n) is 9.46. The maximum Gasteiger partial charge on any atom is 0.249 e. The van der Waals surface area contributed by atoms with Crippen LogP contribution in [0.2, 0.25) is 0 Å². The van der Waals surface area contributed by atoms with Gasteiger partial charge in [-0.3, -0.25) is 0 Å². The Labute approximate surface area is 159 Å². The summed E-state index contributed by atoms with van der Waals surface area (Å²) in [4.78, 5) is 6.91. The number of hydrogen-bond acceptors (Lipinski definition) is 6. The summed E-state index contributed by atoms with van der Waals surface area (Å²) in [6, 6.07) is 18.8. The molecule has 0 saturated carbocycles. The maximum absolute atomic E-state index is 4.49. The van der Waals surface area contributed by atoms with Crippen LogP contribution < -0.4 is 15.5 Å². The van der Waals surface area contributed by atoms with Gasteiger partial charge in [0.2, 0.25) is 5.95 Å². The van der Waals surface area contributed by atoms with E-state index in [1.165, 1.54) is 24.1 Å². The van der Waals surface area contributed by atoms with E-state index >= 15 is 0 Å². The second-order valence-electron chi connectivity index (χ2n) is 6.69. The Morgan fingerprint density at radius 3 is 2.48 bits per heavy atom. The monoisotopic (exact) mass is 360 g/mol. The maximum atomic E-state index is 4.49. The van der Waals surface area contributed by atoms with Gasteiger partial charge in [-0.05, 0) is 49.1 Å². The van der Waals surface area contributed by atoms with Gasteiger partial charge in [-0.1, -0.05) is 30.3 Å². The largest absolute Gasteiger partial charge is 0.372 e. The second kappa shape index (κ2) is 8.49. The van der Waals surface area contributed by atoms with Crippen molar-refractivity contribution < 1.29 is 0 Å². The average Bonchev–Trinajstić information content (AvgIpc) is 3.25. The highest BCUT2D eigenvalue weighted by atomic mass is 15.3. The zero-order valence-electron chi connectivity index (χ0n) is 15.3. The SMILES string of the molecule is c1ccc(CCNc2cnnc(Nc3ccc(N4CCCC4)cc3)n2)cc1. The third-order valence-electron chi connectivity index (χ3n) is 4.72. The lowest BCUT2D eigenvalue weighted by Gasteiger charge is -2.17. The fraction of sp³-hybridized carbons (Fsp3) is 0.286. The standard InChI is InChI=1S/C21H24N6/c1-2-6-17(7-3-1)12-13-22-20-16-23-26-21(25-20)24-18-8-10-19(11-9-18)27-14-4-5-15-27/h1-3,6-11,16H,4-5,12-15H2,(H2,22,24,25,26). The molecule has 0 radical (unpaired) electrons. The molecule has 4 rings (SSSR count). The minimum atomic E-state index is 0.494. The molecule has 138 valence electrons. The van der Waals surface area contributed by atoms with E-state index in [1.54, 1.807) is 6.20 Å². The predicted octanol–water partition coefficient (Wildman–Crippen LogP) is 3.87. The smallest absolute Gasteiger partial charge is 0.249 e. The molecule has 0 atom stereocenters. The van der Waals surface area contributed by atoms with Crippen molar-refractivity contribution in [1.29, 1.82) is 0 Å². The van der Waals surface area contributed by atoms with E-state index in [0.29, 0.717) is 5.95 Å². The Morgan fingerprint density at radius 1 is 0.926 bits per heavy atom. The van der Waals surface area contributed by atoms with E-state index in [-0.39, 0.29) is 0 Å². The van der Waals surface area contributed by atoms with E-state index < -0.39 is 0 Å². The normalized spacial score (nSPS) is 13.6. The van der Waals surface area contributed by atoms with Crippen molar-refractivity contribution in [3.63, 3.8) is 0 Å². The summed E-state index contributed by atoms with van der Waals surface area (Å²) in [6.45, 7) is 3.10. The molecule has 27 heavy (non-hydrogen) atoms. The molecule has 6 heteroatoms. The van der Waals surface area contributed by atoms with Crippen LogP contribution in [-0.2, 0) is 6.42 Å². The minimum Gasteiger partial charge on any atom is -0.372 e. The summed E-state index contributed by atoms with van der Waals surface area (Å²) in [5, 5.41) is 14.7. The zero-order valence-corrected chi connectivity index (χ0v) is 15.3. The van der Waals surface area contributed by atoms with Crippen LogP contribution in [0.15, 0.2) is 60.8 Å². The van der Waals surface area contributed by atoms with Crippen LogP contribution in [0, 0.1) is 0 Å². The second-order valence-corrected chi connectivity index (χ2v) is 6.69. The van der Waals surface area contributed by atoms with Crippen molar-refractivity contribution in [2.45, 2.75) is 19.3 Å². The van der Waals surface area contributed by atoms with Crippen LogP contribution >= 0.6 is 0 Å². The summed E-state index contributed by atoms with van der Waals surface area (Å²) in [7, 11) is 0. The van der Waals surface area contributed by atoms with Gasteiger partial charge in [0.05, 0.1) is 6.20 Å². The van der Waals surface area contributed by atoms with Crippen molar-refractivity contribution in [1.82, 2.24) is 15.2 Å². The molecule has 6 nitrogen and oxygen atoms in total. The minimum absolute atomic E-state index is 0.494. The van der Waals surface area contributed by atoms with Crippen LogP contribution in [0.1, 0.15) is 18.4 Å². The Hall–Kier alpha value is -3.15. The highest BCUT2D eigenvalue weighted by Gasteiger charge is 2.11. The molecule has 1 fully saturated rings. The van der Waals surface area contributed by atoms with Gasteiger partial charge in [-0.2, -0.15) is 10.1 Å². The number of rotatable bonds is 7. The summed E-state index contributed by atoms with van der Waals surface area (Å²) >= 11 is 0. The van der Waals surface area contributed by atoms with Gasteiger partial charge in [0.25, 0.3) is 0 Å². The lowest BCUT2D eigenvalue weighted by molar-refractivity contribution is 0.949. The molecule has 0 bridgehead atoms. The Balaban J connectivity index is 1.33. The summed E-state index contributed by atoms with van der Waals surface area (Å²) in [5.41, 5.74) is 3.53. The van der Waals surface area contributed by atoms with Crippen molar-refractivity contribution in [2.24, 2.45) is 0 Å². The van der Waals surface area contributed by atoms with Gasteiger partial charge < -0.3 is 15.5 Å². The molecule has 1 aliphatic heterocycles. The third-order valence-corrected chi connectivity index (χ3v) is 4.72. The van der Waals surface area contributed by atoms with Gasteiger partial charge in [-0.25, -0.2) is 0 Å². The topological polar surface area (TPSA) is 66.0 Å². The van der Waals surface area contributed by atoms with E-state index in [1.807, 2.05) is 6.07 Å². The molecule has 1 aliphatic rings.